The highest BCUT2D eigenvalue weighted by molar-refractivity contribution is 6.42. The quantitative estimate of drug-likeness (QED) is 0.868. The maximum Gasteiger partial charge on any atom is 0.217 e. The molecule has 0 fully saturated rings. The molecule has 1 unspecified atom stereocenters. The van der Waals surface area contributed by atoms with Crippen molar-refractivity contribution in [3.8, 4) is 0 Å². The fourth-order valence-electron chi connectivity index (χ4n) is 1.70. The van der Waals surface area contributed by atoms with E-state index in [1.165, 1.54) is 0 Å². The van der Waals surface area contributed by atoms with Crippen LogP contribution in [0.25, 0.3) is 0 Å². The molecule has 1 atom stereocenters. The van der Waals surface area contributed by atoms with Gasteiger partial charge in [0.1, 0.15) is 0 Å². The Morgan fingerprint density at radius 2 is 2.06 bits per heavy atom. The Labute approximate surface area is 112 Å². The lowest BCUT2D eigenvalue weighted by Crippen LogP contribution is -2.32. The van der Waals surface area contributed by atoms with Crippen molar-refractivity contribution < 1.29 is 4.79 Å². The van der Waals surface area contributed by atoms with Gasteiger partial charge >= 0.3 is 0 Å². The molecule has 2 nitrogen and oxygen atoms in total. The zero-order chi connectivity index (χ0) is 12.8. The molecular weight excluding hydrogens is 257 g/mol. The summed E-state index contributed by atoms with van der Waals surface area (Å²) >= 11 is 11.8. The molecule has 17 heavy (non-hydrogen) atoms. The van der Waals surface area contributed by atoms with Crippen LogP contribution in [0.1, 0.15) is 32.3 Å². The van der Waals surface area contributed by atoms with Crippen molar-refractivity contribution in [1.29, 1.82) is 0 Å². The van der Waals surface area contributed by atoms with Crippen LogP contribution >= 0.6 is 23.2 Å². The fraction of sp³-hybridized carbons (Fsp3) is 0.462. The van der Waals surface area contributed by atoms with Gasteiger partial charge in [0, 0.05) is 13.0 Å². The van der Waals surface area contributed by atoms with Gasteiger partial charge in [0.25, 0.3) is 0 Å². The fourth-order valence-corrected chi connectivity index (χ4v) is 2.02. The number of carbonyl (C=O) groups is 1. The minimum Gasteiger partial charge on any atom is -0.354 e. The summed E-state index contributed by atoms with van der Waals surface area (Å²) in [5.41, 5.74) is 1.14. The van der Waals surface area contributed by atoms with Crippen molar-refractivity contribution in [3.05, 3.63) is 33.8 Å². The second-order valence-corrected chi connectivity index (χ2v) is 4.91. The molecular formula is C13H17Cl2NO. The Hall–Kier alpha value is -0.730. The van der Waals surface area contributed by atoms with Crippen molar-refractivity contribution in [2.75, 3.05) is 0 Å². The number of halogens is 2. The summed E-state index contributed by atoms with van der Waals surface area (Å²) in [4.78, 5) is 11.0. The van der Waals surface area contributed by atoms with E-state index in [1.54, 1.807) is 13.0 Å². The summed E-state index contributed by atoms with van der Waals surface area (Å²) in [6.07, 6.45) is 2.73. The van der Waals surface area contributed by atoms with Crippen LogP contribution in [-0.2, 0) is 11.2 Å². The van der Waals surface area contributed by atoms with Gasteiger partial charge in [0.15, 0.2) is 0 Å². The Kier molecular flexibility index (Phi) is 5.79. The minimum atomic E-state index is 0.0194. The van der Waals surface area contributed by atoms with Gasteiger partial charge in [0.2, 0.25) is 5.91 Å². The smallest absolute Gasteiger partial charge is 0.217 e. The topological polar surface area (TPSA) is 29.1 Å². The zero-order valence-corrected chi connectivity index (χ0v) is 11.6. The van der Waals surface area contributed by atoms with E-state index in [0.717, 1.165) is 24.8 Å². The number of benzene rings is 1. The van der Waals surface area contributed by atoms with E-state index in [9.17, 15) is 4.79 Å². The van der Waals surface area contributed by atoms with Gasteiger partial charge in [-0.3, -0.25) is 4.79 Å². The molecule has 0 bridgehead atoms. The first-order valence-electron chi connectivity index (χ1n) is 5.74. The number of rotatable bonds is 5. The SMILES string of the molecule is CCC(CCc1ccc(Cl)c(Cl)c1)NC(C)=O. The first-order chi connectivity index (χ1) is 8.02. The average molecular weight is 274 g/mol. The van der Waals surface area contributed by atoms with Crippen LogP contribution in [0.15, 0.2) is 18.2 Å². The summed E-state index contributed by atoms with van der Waals surface area (Å²) in [6.45, 7) is 3.61. The molecule has 1 amide bonds. The molecule has 0 spiro atoms. The van der Waals surface area contributed by atoms with Gasteiger partial charge in [-0.25, -0.2) is 0 Å². The maximum absolute atomic E-state index is 11.0. The standard InChI is InChI=1S/C13H17Cl2NO/c1-3-11(16-9(2)17)6-4-10-5-7-12(14)13(15)8-10/h5,7-8,11H,3-4,6H2,1-2H3,(H,16,17). The molecule has 1 rings (SSSR count). The molecule has 1 aromatic carbocycles. The number of aryl methyl sites for hydroxylation is 1. The molecule has 0 saturated heterocycles. The van der Waals surface area contributed by atoms with Gasteiger partial charge in [-0.15, -0.1) is 0 Å². The first-order valence-corrected chi connectivity index (χ1v) is 6.49. The monoisotopic (exact) mass is 273 g/mol. The van der Waals surface area contributed by atoms with Crippen LogP contribution in [0.4, 0.5) is 0 Å². The van der Waals surface area contributed by atoms with Crippen LogP contribution in [0, 0.1) is 0 Å². The molecule has 0 radical (unpaired) electrons. The van der Waals surface area contributed by atoms with Crippen molar-refractivity contribution >= 4 is 29.1 Å². The largest absolute Gasteiger partial charge is 0.354 e. The second kappa shape index (κ2) is 6.87. The molecule has 4 heteroatoms. The van der Waals surface area contributed by atoms with Gasteiger partial charge in [-0.1, -0.05) is 36.2 Å². The van der Waals surface area contributed by atoms with Crippen molar-refractivity contribution in [2.45, 2.75) is 39.2 Å². The van der Waals surface area contributed by atoms with E-state index in [4.69, 9.17) is 23.2 Å². The highest BCUT2D eigenvalue weighted by Crippen LogP contribution is 2.23. The Balaban J connectivity index is 2.53. The zero-order valence-electron chi connectivity index (χ0n) is 10.1. The van der Waals surface area contributed by atoms with Crippen LogP contribution in [0.3, 0.4) is 0 Å². The van der Waals surface area contributed by atoms with Crippen LogP contribution in [-0.4, -0.2) is 11.9 Å². The summed E-state index contributed by atoms with van der Waals surface area (Å²) < 4.78 is 0. The highest BCUT2D eigenvalue weighted by Gasteiger charge is 2.08. The third-order valence-corrected chi connectivity index (χ3v) is 3.40. The summed E-state index contributed by atoms with van der Waals surface area (Å²) in [7, 11) is 0. The lowest BCUT2D eigenvalue weighted by molar-refractivity contribution is -0.119. The Morgan fingerprint density at radius 3 is 2.59 bits per heavy atom. The van der Waals surface area contributed by atoms with Gasteiger partial charge in [-0.05, 0) is 37.0 Å². The molecule has 0 heterocycles. The number of hydrogen-bond donors (Lipinski definition) is 1. The second-order valence-electron chi connectivity index (χ2n) is 4.09. The molecule has 94 valence electrons. The number of amides is 1. The van der Waals surface area contributed by atoms with Crippen LogP contribution in [0.2, 0.25) is 10.0 Å². The lowest BCUT2D eigenvalue weighted by Gasteiger charge is -2.15. The van der Waals surface area contributed by atoms with Crippen molar-refractivity contribution in [3.63, 3.8) is 0 Å². The van der Waals surface area contributed by atoms with Gasteiger partial charge in [-0.2, -0.15) is 0 Å². The summed E-state index contributed by atoms with van der Waals surface area (Å²) in [5, 5.41) is 4.08. The maximum atomic E-state index is 11.0. The third kappa shape index (κ3) is 4.97. The molecule has 1 N–H and O–H groups in total. The molecule has 0 saturated carbocycles. The first kappa shape index (κ1) is 14.3. The predicted molar refractivity (Wildman–Crippen MR) is 72.7 cm³/mol. The van der Waals surface area contributed by atoms with Gasteiger partial charge in [0.05, 0.1) is 10.0 Å². The molecule has 1 aromatic rings. The number of nitrogens with one attached hydrogen (secondary N) is 1. The Morgan fingerprint density at radius 1 is 1.35 bits per heavy atom. The van der Waals surface area contributed by atoms with E-state index in [-0.39, 0.29) is 11.9 Å². The van der Waals surface area contributed by atoms with E-state index in [1.807, 2.05) is 12.1 Å². The minimum absolute atomic E-state index is 0.0194. The normalized spacial score (nSPS) is 12.2. The lowest BCUT2D eigenvalue weighted by atomic mass is 10.0. The number of hydrogen-bond acceptors (Lipinski definition) is 1. The molecule has 0 aliphatic heterocycles. The molecule has 0 aromatic heterocycles. The average Bonchev–Trinajstić information content (AvgIpc) is 2.28. The third-order valence-electron chi connectivity index (χ3n) is 2.67. The van der Waals surface area contributed by atoms with Crippen LogP contribution < -0.4 is 5.32 Å². The Bertz CT molecular complexity index is 393. The van der Waals surface area contributed by atoms with Crippen molar-refractivity contribution in [2.24, 2.45) is 0 Å². The molecule has 0 aliphatic carbocycles. The number of carbonyl (C=O) groups excluding carboxylic acids is 1. The van der Waals surface area contributed by atoms with E-state index in [2.05, 4.69) is 12.2 Å². The molecule has 0 aliphatic rings. The summed E-state index contributed by atoms with van der Waals surface area (Å²) in [5.74, 6) is 0.0194. The predicted octanol–water partition coefficient (Wildman–Crippen LogP) is 3.84. The summed E-state index contributed by atoms with van der Waals surface area (Å²) in [6, 6.07) is 5.87. The van der Waals surface area contributed by atoms with Gasteiger partial charge < -0.3 is 5.32 Å². The van der Waals surface area contributed by atoms with Crippen molar-refractivity contribution in [1.82, 2.24) is 5.32 Å². The van der Waals surface area contributed by atoms with Crippen LogP contribution in [0.5, 0.6) is 0 Å². The van der Waals surface area contributed by atoms with E-state index >= 15 is 0 Å². The van der Waals surface area contributed by atoms with E-state index < -0.39 is 0 Å². The van der Waals surface area contributed by atoms with E-state index in [0.29, 0.717) is 10.0 Å². The highest BCUT2D eigenvalue weighted by atomic mass is 35.5.